The van der Waals surface area contributed by atoms with Crippen LogP contribution in [0.15, 0.2) is 127 Å². The van der Waals surface area contributed by atoms with Gasteiger partial charge in [0.15, 0.2) is 6.61 Å². The maximum absolute atomic E-state index is 14.4. The van der Waals surface area contributed by atoms with Crippen molar-refractivity contribution in [2.75, 3.05) is 12.5 Å². The van der Waals surface area contributed by atoms with Crippen LogP contribution in [0, 0.1) is 0 Å². The van der Waals surface area contributed by atoms with Crippen molar-refractivity contribution in [3.63, 3.8) is 0 Å². The summed E-state index contributed by atoms with van der Waals surface area (Å²) in [6.45, 7) is -0.441. The smallest absolute Gasteiger partial charge is 0.283 e. The molecule has 5 amide bonds. The van der Waals surface area contributed by atoms with E-state index >= 15 is 0 Å². The minimum absolute atomic E-state index is 0.00371. The maximum Gasteiger partial charge on any atom is 0.283 e. The molecule has 59 heavy (non-hydrogen) atoms. The minimum Gasteiger partial charge on any atom is -0.484 e. The van der Waals surface area contributed by atoms with Gasteiger partial charge in [0, 0.05) is 30.6 Å². The fourth-order valence-electron chi connectivity index (χ4n) is 6.46. The van der Waals surface area contributed by atoms with Crippen LogP contribution in [0.3, 0.4) is 0 Å². The standard InChI is InChI=1S/C43H43N5O9S2/c49-39-26-57-33-19-15-30(16-20-33)23-35(40(50)44-27-59(54,55)56)46-41(51)36(22-28-8-3-1-4-9-28)47-42(52)37(48-43(53)38(45-39)25-34-12-7-21-58-34)24-29-13-17-32(18-14-29)31-10-5-2-6-11-31/h1-21,35-38H,22-27H2,(H,44,50)(H,45,49)(H,46,51)(H,47,52)(H,48,53)(H,54,55,56)/t35-,36-,37-,38-/m0/s1. The average molecular weight is 838 g/mol. The highest BCUT2D eigenvalue weighted by atomic mass is 32.2. The predicted molar refractivity (Wildman–Crippen MR) is 222 cm³/mol. The number of fused-ring (bicyclic) bond motifs is 16. The van der Waals surface area contributed by atoms with Crippen molar-refractivity contribution in [3.8, 4) is 16.9 Å². The van der Waals surface area contributed by atoms with Crippen molar-refractivity contribution < 1.29 is 41.7 Å². The number of hydrogen-bond donors (Lipinski definition) is 6. The second-order valence-electron chi connectivity index (χ2n) is 13.9. The number of carbonyl (C=O) groups is 5. The lowest BCUT2D eigenvalue weighted by Gasteiger charge is -2.27. The topological polar surface area (TPSA) is 209 Å². The van der Waals surface area contributed by atoms with E-state index < -0.39 is 76.3 Å². The van der Waals surface area contributed by atoms with Crippen LogP contribution in [-0.4, -0.2) is 79.2 Å². The molecule has 0 fully saturated rings. The number of amides is 5. The Hall–Kier alpha value is -6.36. The fraction of sp³-hybridized carbons (Fsp3) is 0.233. The first kappa shape index (κ1) is 42.3. The lowest BCUT2D eigenvalue weighted by Crippen LogP contribution is -2.59. The van der Waals surface area contributed by atoms with Crippen LogP contribution in [0.25, 0.3) is 11.1 Å². The Morgan fingerprint density at radius 1 is 0.661 bits per heavy atom. The Balaban J connectivity index is 1.35. The first-order valence-corrected chi connectivity index (χ1v) is 21.2. The van der Waals surface area contributed by atoms with Gasteiger partial charge in [-0.05, 0) is 51.4 Å². The second kappa shape index (κ2) is 19.9. The van der Waals surface area contributed by atoms with Gasteiger partial charge in [-0.25, -0.2) is 0 Å². The zero-order chi connectivity index (χ0) is 41.8. The number of rotatable bonds is 10. The fourth-order valence-corrected chi connectivity index (χ4v) is 7.54. The molecule has 1 aromatic heterocycles. The summed E-state index contributed by atoms with van der Waals surface area (Å²) >= 11 is 1.40. The highest BCUT2D eigenvalue weighted by molar-refractivity contribution is 7.85. The van der Waals surface area contributed by atoms with Gasteiger partial charge in [0.2, 0.25) is 23.6 Å². The molecular formula is C43H43N5O9S2. The molecule has 16 heteroatoms. The number of hydrogen-bond acceptors (Lipinski definition) is 9. The van der Waals surface area contributed by atoms with Gasteiger partial charge in [0.05, 0.1) is 0 Å². The van der Waals surface area contributed by atoms with E-state index in [1.165, 1.54) is 11.3 Å². The quantitative estimate of drug-likeness (QED) is 0.0902. The van der Waals surface area contributed by atoms with Crippen molar-refractivity contribution in [2.24, 2.45) is 0 Å². The molecule has 0 radical (unpaired) electrons. The van der Waals surface area contributed by atoms with E-state index in [-0.39, 0.29) is 25.7 Å². The van der Waals surface area contributed by atoms with Gasteiger partial charge < -0.3 is 31.3 Å². The summed E-state index contributed by atoms with van der Waals surface area (Å²) in [6, 6.07) is 31.0. The summed E-state index contributed by atoms with van der Waals surface area (Å²) in [5, 5.41) is 15.0. The molecule has 6 N–H and O–H groups in total. The van der Waals surface area contributed by atoms with Crippen LogP contribution >= 0.6 is 11.3 Å². The number of benzene rings is 4. The molecule has 0 aliphatic carbocycles. The van der Waals surface area contributed by atoms with Gasteiger partial charge in [0.1, 0.15) is 35.8 Å². The molecule has 3 heterocycles. The largest absolute Gasteiger partial charge is 0.484 e. The molecule has 0 spiro atoms. The zero-order valence-electron chi connectivity index (χ0n) is 31.7. The van der Waals surface area contributed by atoms with E-state index in [9.17, 15) is 36.9 Å². The van der Waals surface area contributed by atoms with Crippen LogP contribution < -0.4 is 31.3 Å². The molecule has 2 bridgehead atoms. The normalized spacial score (nSPS) is 19.4. The highest BCUT2D eigenvalue weighted by Gasteiger charge is 2.32. The first-order valence-electron chi connectivity index (χ1n) is 18.7. The third-order valence-electron chi connectivity index (χ3n) is 9.48. The van der Waals surface area contributed by atoms with Crippen molar-refractivity contribution in [1.82, 2.24) is 26.6 Å². The molecule has 14 nitrogen and oxygen atoms in total. The molecule has 0 saturated heterocycles. The van der Waals surface area contributed by atoms with Crippen molar-refractivity contribution in [3.05, 3.63) is 148 Å². The number of carbonyl (C=O) groups excluding carboxylic acids is 5. The summed E-state index contributed by atoms with van der Waals surface area (Å²) in [4.78, 5) is 70.3. The number of nitrogens with one attached hydrogen (secondary N) is 5. The number of ether oxygens (including phenoxy) is 1. The van der Waals surface area contributed by atoms with Crippen LogP contribution in [0.2, 0.25) is 0 Å². The third-order valence-corrected chi connectivity index (χ3v) is 10.9. The molecule has 306 valence electrons. The minimum atomic E-state index is -4.61. The molecular weight excluding hydrogens is 795 g/mol. The molecule has 0 saturated carbocycles. The summed E-state index contributed by atoms with van der Waals surface area (Å²) in [7, 11) is -4.61. The van der Waals surface area contributed by atoms with E-state index in [0.29, 0.717) is 22.4 Å². The average Bonchev–Trinajstić information content (AvgIpc) is 3.75. The van der Waals surface area contributed by atoms with E-state index in [4.69, 9.17) is 4.74 Å². The lowest BCUT2D eigenvalue weighted by molar-refractivity contribution is -0.134. The van der Waals surface area contributed by atoms with Crippen molar-refractivity contribution in [2.45, 2.75) is 49.9 Å². The van der Waals surface area contributed by atoms with Gasteiger partial charge in [-0.3, -0.25) is 28.5 Å². The highest BCUT2D eigenvalue weighted by Crippen LogP contribution is 2.21. The van der Waals surface area contributed by atoms with Gasteiger partial charge in [-0.1, -0.05) is 103 Å². The summed E-state index contributed by atoms with van der Waals surface area (Å²) < 4.78 is 38.0. The predicted octanol–water partition coefficient (Wildman–Crippen LogP) is 2.98. The first-order chi connectivity index (χ1) is 28.4. The van der Waals surface area contributed by atoms with Crippen LogP contribution in [-0.2, 0) is 59.8 Å². The Morgan fingerprint density at radius 2 is 1.22 bits per heavy atom. The van der Waals surface area contributed by atoms with Crippen LogP contribution in [0.1, 0.15) is 21.6 Å². The Kier molecular flexibility index (Phi) is 14.2. The van der Waals surface area contributed by atoms with Gasteiger partial charge in [-0.15, -0.1) is 11.3 Å². The summed E-state index contributed by atoms with van der Waals surface area (Å²) in [6.07, 6.45) is -0.0148. The van der Waals surface area contributed by atoms with E-state index in [0.717, 1.165) is 16.0 Å². The second-order valence-corrected chi connectivity index (χ2v) is 16.4. The lowest BCUT2D eigenvalue weighted by atomic mass is 9.99. The number of thiophene rings is 1. The Morgan fingerprint density at radius 3 is 1.81 bits per heavy atom. The Bertz CT molecular complexity index is 2330. The molecule has 4 atom stereocenters. The van der Waals surface area contributed by atoms with Crippen molar-refractivity contribution >= 4 is 51.0 Å². The van der Waals surface area contributed by atoms with E-state index in [1.54, 1.807) is 54.6 Å². The molecule has 5 aromatic rings. The van der Waals surface area contributed by atoms with E-state index in [1.807, 2.05) is 72.1 Å². The Labute approximate surface area is 345 Å². The van der Waals surface area contributed by atoms with Crippen LogP contribution in [0.5, 0.6) is 5.75 Å². The zero-order valence-corrected chi connectivity index (χ0v) is 33.3. The molecule has 7 rings (SSSR count). The van der Waals surface area contributed by atoms with Gasteiger partial charge in [0.25, 0.3) is 16.0 Å². The summed E-state index contributed by atoms with van der Waals surface area (Å²) in [5.74, 6) is -4.43. The van der Waals surface area contributed by atoms with Crippen LogP contribution in [0.4, 0.5) is 0 Å². The monoisotopic (exact) mass is 837 g/mol. The maximum atomic E-state index is 14.4. The van der Waals surface area contributed by atoms with E-state index in [2.05, 4.69) is 26.6 Å². The molecule has 2 aliphatic heterocycles. The summed E-state index contributed by atoms with van der Waals surface area (Å²) in [5.41, 5.74) is 3.82. The molecule has 4 aromatic carbocycles. The van der Waals surface area contributed by atoms with Gasteiger partial charge >= 0.3 is 0 Å². The van der Waals surface area contributed by atoms with Crippen molar-refractivity contribution in [1.29, 1.82) is 0 Å². The molecule has 0 unspecified atom stereocenters. The third kappa shape index (κ3) is 12.8. The molecule has 2 aliphatic rings. The SMILES string of the molecule is O=C1COc2ccc(cc2)C[C@@H](C(=O)NCS(=O)(=O)O)NC(=O)[C@H](Cc2ccccc2)NC(=O)[C@H](Cc2ccc(-c3ccccc3)cc2)NC(=O)[C@H](Cc2cccs2)N1. The van der Waals surface area contributed by atoms with Gasteiger partial charge in [-0.2, -0.15) is 8.42 Å².